The molecule has 0 bridgehead atoms. The van der Waals surface area contributed by atoms with E-state index in [1.165, 1.54) is 11.1 Å². The smallest absolute Gasteiger partial charge is 0.212 e. The first-order valence-corrected chi connectivity index (χ1v) is 8.72. The largest absolute Gasteiger partial charge is 0.450 e. The van der Waals surface area contributed by atoms with Crippen molar-refractivity contribution in [2.75, 3.05) is 0 Å². The maximum atomic E-state index is 8.91. The van der Waals surface area contributed by atoms with E-state index >= 15 is 0 Å². The fourth-order valence-electron chi connectivity index (χ4n) is 1.58. The van der Waals surface area contributed by atoms with Crippen molar-refractivity contribution in [2.24, 2.45) is 0 Å². The van der Waals surface area contributed by atoms with Crippen molar-refractivity contribution in [2.45, 2.75) is 80.1 Å². The van der Waals surface area contributed by atoms with E-state index in [1.54, 1.807) is 0 Å². The molecule has 0 heterocycles. The van der Waals surface area contributed by atoms with Crippen LogP contribution in [-0.2, 0) is 10.8 Å². The summed E-state index contributed by atoms with van der Waals surface area (Å²) in [6.45, 7) is 21.1. The van der Waals surface area contributed by atoms with E-state index in [1.807, 2.05) is 39.8 Å². The molecule has 1 rings (SSSR count). The van der Waals surface area contributed by atoms with Crippen LogP contribution < -0.4 is 4.52 Å². The van der Waals surface area contributed by atoms with Crippen LogP contribution in [0.5, 0.6) is 5.75 Å². The molecule has 0 fully saturated rings. The maximum absolute atomic E-state index is 8.91. The summed E-state index contributed by atoms with van der Waals surface area (Å²) in [4.78, 5) is 8.91. The zero-order valence-electron chi connectivity index (χ0n) is 15.6. The summed E-state index contributed by atoms with van der Waals surface area (Å²) in [6.07, 6.45) is 0. The van der Waals surface area contributed by atoms with Crippen molar-refractivity contribution < 1.29 is 9.42 Å². The normalized spacial score (nSPS) is 11.4. The zero-order valence-corrected chi connectivity index (χ0v) is 16.6. The van der Waals surface area contributed by atoms with Gasteiger partial charge in [0, 0.05) is 0 Å². The second-order valence-electron chi connectivity index (χ2n) is 6.44. The molecule has 0 aliphatic rings. The lowest BCUT2D eigenvalue weighted by Crippen LogP contribution is -2.16. The van der Waals surface area contributed by atoms with Crippen LogP contribution in [-0.4, -0.2) is 4.89 Å². The predicted molar refractivity (Wildman–Crippen MR) is 97.7 cm³/mol. The van der Waals surface area contributed by atoms with Crippen molar-refractivity contribution in [3.63, 3.8) is 0 Å². The molecule has 0 aliphatic carbocycles. The minimum absolute atomic E-state index is 0.0813. The third-order valence-corrected chi connectivity index (χ3v) is 3.13. The minimum atomic E-state index is -0.505. The van der Waals surface area contributed by atoms with Gasteiger partial charge in [0.05, 0.1) is 0 Å². The lowest BCUT2D eigenvalue weighted by molar-refractivity contribution is 0.505. The van der Waals surface area contributed by atoms with Crippen LogP contribution >= 0.6 is 9.03 Å². The van der Waals surface area contributed by atoms with E-state index in [0.717, 1.165) is 5.75 Å². The highest BCUT2D eigenvalue weighted by molar-refractivity contribution is 7.25. The van der Waals surface area contributed by atoms with Crippen molar-refractivity contribution >= 4 is 9.03 Å². The van der Waals surface area contributed by atoms with Gasteiger partial charge in [-0.25, -0.2) is 0 Å². The molecule has 1 unspecified atom stereocenters. The Morgan fingerprint density at radius 3 is 1.33 bits per heavy atom. The van der Waals surface area contributed by atoms with E-state index in [4.69, 9.17) is 9.42 Å². The average Bonchev–Trinajstić information content (AvgIpc) is 2.41. The summed E-state index contributed by atoms with van der Waals surface area (Å²) in [5, 5.41) is 0. The Morgan fingerprint density at radius 2 is 1.10 bits per heavy atom. The lowest BCUT2D eigenvalue weighted by Gasteiger charge is -2.25. The van der Waals surface area contributed by atoms with Crippen LogP contribution in [0.2, 0.25) is 0 Å². The van der Waals surface area contributed by atoms with Gasteiger partial charge < -0.3 is 9.42 Å². The number of benzene rings is 1. The number of hydrogen-bond acceptors (Lipinski definition) is 2. The van der Waals surface area contributed by atoms with E-state index in [9.17, 15) is 0 Å². The fourth-order valence-corrected chi connectivity index (χ4v) is 1.80. The molecule has 0 aliphatic heterocycles. The summed E-state index contributed by atoms with van der Waals surface area (Å²) in [6, 6.07) is 6.25. The molecule has 0 saturated carbocycles. The van der Waals surface area contributed by atoms with Crippen molar-refractivity contribution in [3.8, 4) is 5.75 Å². The second-order valence-corrected chi connectivity index (χ2v) is 6.83. The third-order valence-electron chi connectivity index (χ3n) is 2.80. The van der Waals surface area contributed by atoms with Gasteiger partial charge in [-0.1, -0.05) is 75.3 Å². The van der Waals surface area contributed by atoms with Crippen LogP contribution in [0.4, 0.5) is 0 Å². The molecule has 21 heavy (non-hydrogen) atoms. The molecule has 0 spiro atoms. The predicted octanol–water partition coefficient (Wildman–Crippen LogP) is 6.21. The summed E-state index contributed by atoms with van der Waals surface area (Å²) in [7, 11) is -0.505. The first-order chi connectivity index (χ1) is 9.64. The average molecular weight is 314 g/mol. The molecule has 0 aromatic heterocycles. The Morgan fingerprint density at radius 1 is 0.762 bits per heavy atom. The summed E-state index contributed by atoms with van der Waals surface area (Å²) >= 11 is 0. The third kappa shape index (κ3) is 8.44. The molecule has 0 saturated heterocycles. The van der Waals surface area contributed by atoms with E-state index in [2.05, 4.69) is 47.6 Å². The van der Waals surface area contributed by atoms with Crippen LogP contribution in [0, 0.1) is 0 Å². The van der Waals surface area contributed by atoms with Crippen molar-refractivity contribution in [1.29, 1.82) is 0 Å². The molecule has 1 atom stereocenters. The van der Waals surface area contributed by atoms with Gasteiger partial charge >= 0.3 is 0 Å². The standard InChI is InChI=1S/C14H23O2P.2C2H6/c1-13(2,3)10-7-11(14(4,5)6)9-12(8-10)16-17-15;2*1-2/h7-9,15,17H,1-6H3;2*1-2H3. The molecule has 0 amide bonds. The molecule has 1 aromatic carbocycles. The van der Waals surface area contributed by atoms with Crippen LogP contribution in [0.15, 0.2) is 18.2 Å². The Balaban J connectivity index is 0. The van der Waals surface area contributed by atoms with E-state index < -0.39 is 9.03 Å². The first kappa shape index (κ1) is 22.7. The second kappa shape index (κ2) is 10.2. The van der Waals surface area contributed by atoms with Gasteiger partial charge in [0.15, 0.2) is 0 Å². The van der Waals surface area contributed by atoms with Crippen molar-refractivity contribution in [3.05, 3.63) is 29.3 Å². The Kier molecular flexibility index (Phi) is 11.0. The summed E-state index contributed by atoms with van der Waals surface area (Å²) < 4.78 is 5.26. The molecule has 1 aromatic rings. The van der Waals surface area contributed by atoms with Gasteiger partial charge in [0.25, 0.3) is 0 Å². The maximum Gasteiger partial charge on any atom is 0.212 e. The Hall–Kier alpha value is -0.590. The fraction of sp³-hybridized carbons (Fsp3) is 0.667. The lowest BCUT2D eigenvalue weighted by atomic mass is 9.80. The molecule has 2 nitrogen and oxygen atoms in total. The molecule has 1 N–H and O–H groups in total. The highest BCUT2D eigenvalue weighted by Crippen LogP contribution is 2.34. The van der Waals surface area contributed by atoms with E-state index in [0.29, 0.717) is 0 Å². The van der Waals surface area contributed by atoms with Gasteiger partial charge in [0.1, 0.15) is 5.75 Å². The minimum Gasteiger partial charge on any atom is -0.450 e. The van der Waals surface area contributed by atoms with Crippen LogP contribution in [0.3, 0.4) is 0 Å². The SMILES string of the molecule is CC.CC.CC(C)(C)c1cc(OPO)cc(C(C)(C)C)c1. The van der Waals surface area contributed by atoms with E-state index in [-0.39, 0.29) is 10.8 Å². The monoisotopic (exact) mass is 314 g/mol. The highest BCUT2D eigenvalue weighted by atomic mass is 31.1. The summed E-state index contributed by atoms with van der Waals surface area (Å²) in [5.74, 6) is 0.753. The summed E-state index contributed by atoms with van der Waals surface area (Å²) in [5.41, 5.74) is 2.63. The topological polar surface area (TPSA) is 29.5 Å². The van der Waals surface area contributed by atoms with Crippen LogP contribution in [0.25, 0.3) is 0 Å². The Bertz CT molecular complexity index is 355. The molecule has 124 valence electrons. The van der Waals surface area contributed by atoms with Crippen molar-refractivity contribution in [1.82, 2.24) is 0 Å². The van der Waals surface area contributed by atoms with Crippen LogP contribution in [0.1, 0.15) is 80.4 Å². The molecule has 0 radical (unpaired) electrons. The first-order valence-electron chi connectivity index (χ1n) is 7.86. The van der Waals surface area contributed by atoms with Gasteiger partial charge in [-0.3, -0.25) is 0 Å². The van der Waals surface area contributed by atoms with Gasteiger partial charge in [-0.05, 0) is 34.1 Å². The Labute approximate surface area is 134 Å². The van der Waals surface area contributed by atoms with Gasteiger partial charge in [-0.2, -0.15) is 0 Å². The number of hydrogen-bond donors (Lipinski definition) is 1. The quantitative estimate of drug-likeness (QED) is 0.657. The van der Waals surface area contributed by atoms with Gasteiger partial charge in [-0.15, -0.1) is 0 Å². The zero-order chi connectivity index (χ0) is 17.3. The highest BCUT2D eigenvalue weighted by Gasteiger charge is 2.20. The molecular formula is C18H35O2P. The molecular weight excluding hydrogens is 279 g/mol. The van der Waals surface area contributed by atoms with Gasteiger partial charge in [0.2, 0.25) is 9.03 Å². The number of rotatable bonds is 2. The molecule has 3 heteroatoms.